The second-order valence-electron chi connectivity index (χ2n) is 5.99. The number of nitrogens with two attached hydrogens (primary N) is 1. The predicted molar refractivity (Wildman–Crippen MR) is 98.9 cm³/mol. The molecule has 1 aromatic heterocycles. The number of nitrogens with zero attached hydrogens (tertiary/aromatic N) is 2. The fraction of sp³-hybridized carbons (Fsp3) is 0.368. The number of guanidine groups is 1. The summed E-state index contributed by atoms with van der Waals surface area (Å²) in [6.45, 7) is 3.96. The average molecular weight is 340 g/mol. The first-order valence-corrected chi connectivity index (χ1v) is 8.58. The van der Waals surface area contributed by atoms with Crippen LogP contribution >= 0.6 is 0 Å². The molecule has 1 unspecified atom stereocenters. The molecule has 0 bridgehead atoms. The maximum Gasteiger partial charge on any atom is 0.213 e. The smallest absolute Gasteiger partial charge is 0.213 e. The van der Waals surface area contributed by atoms with Gasteiger partial charge >= 0.3 is 0 Å². The number of aromatic nitrogens is 1. The Morgan fingerprint density at radius 1 is 1.36 bits per heavy atom. The third-order valence-corrected chi connectivity index (χ3v) is 4.01. The monoisotopic (exact) mass is 340 g/mol. The van der Waals surface area contributed by atoms with Crippen LogP contribution in [0.15, 0.2) is 47.6 Å². The Morgan fingerprint density at radius 2 is 2.28 bits per heavy atom. The lowest BCUT2D eigenvalue weighted by Crippen LogP contribution is -2.22. The van der Waals surface area contributed by atoms with E-state index in [-0.39, 0.29) is 6.10 Å². The lowest BCUT2D eigenvalue weighted by Gasteiger charge is -2.11. The zero-order valence-electron chi connectivity index (χ0n) is 14.4. The quantitative estimate of drug-likeness (QED) is 0.624. The van der Waals surface area contributed by atoms with Crippen molar-refractivity contribution in [2.45, 2.75) is 32.4 Å². The predicted octanol–water partition coefficient (Wildman–Crippen LogP) is 2.74. The topological polar surface area (TPSA) is 81.8 Å². The third kappa shape index (κ3) is 5.19. The van der Waals surface area contributed by atoms with Gasteiger partial charge in [0, 0.05) is 24.4 Å². The molecule has 1 aliphatic heterocycles. The molecule has 1 saturated heterocycles. The molecule has 2 aromatic rings. The van der Waals surface area contributed by atoms with Gasteiger partial charge in [-0.2, -0.15) is 0 Å². The highest BCUT2D eigenvalue weighted by Gasteiger charge is 2.17. The SMILES string of the molecule is CCc1cccc(NC(N)=NCc2ccnc(OC3CCOC3)c2)c1. The van der Waals surface area contributed by atoms with Gasteiger partial charge in [0.05, 0.1) is 19.8 Å². The highest BCUT2D eigenvalue weighted by molar-refractivity contribution is 5.92. The van der Waals surface area contributed by atoms with Crippen LogP contribution in [-0.2, 0) is 17.7 Å². The van der Waals surface area contributed by atoms with Crippen LogP contribution in [0.3, 0.4) is 0 Å². The number of nitrogens with one attached hydrogen (secondary N) is 1. The molecule has 1 aliphatic rings. The van der Waals surface area contributed by atoms with Crippen LogP contribution in [0.4, 0.5) is 5.69 Å². The number of aryl methyl sites for hydroxylation is 1. The summed E-state index contributed by atoms with van der Waals surface area (Å²) in [6.07, 6.45) is 3.70. The second-order valence-corrected chi connectivity index (χ2v) is 5.99. The molecule has 1 aromatic carbocycles. The lowest BCUT2D eigenvalue weighted by atomic mass is 10.1. The van der Waals surface area contributed by atoms with Gasteiger partial charge in [-0.25, -0.2) is 9.98 Å². The number of ether oxygens (including phenoxy) is 2. The molecule has 1 fully saturated rings. The van der Waals surface area contributed by atoms with Crippen LogP contribution in [0, 0.1) is 0 Å². The van der Waals surface area contributed by atoms with Gasteiger partial charge in [-0.1, -0.05) is 19.1 Å². The number of rotatable bonds is 6. The molecule has 132 valence electrons. The van der Waals surface area contributed by atoms with Crippen molar-refractivity contribution in [3.8, 4) is 5.88 Å². The Kier molecular flexibility index (Phi) is 5.85. The molecule has 6 nitrogen and oxygen atoms in total. The van der Waals surface area contributed by atoms with Gasteiger partial charge in [-0.05, 0) is 35.7 Å². The first-order valence-electron chi connectivity index (χ1n) is 8.58. The Labute approximate surface area is 148 Å². The first-order chi connectivity index (χ1) is 12.2. The maximum atomic E-state index is 5.99. The fourth-order valence-electron chi connectivity index (χ4n) is 2.62. The largest absolute Gasteiger partial charge is 0.472 e. The number of benzene rings is 1. The minimum Gasteiger partial charge on any atom is -0.472 e. The van der Waals surface area contributed by atoms with E-state index in [1.165, 1.54) is 5.56 Å². The molecule has 2 heterocycles. The van der Waals surface area contributed by atoms with E-state index in [1.54, 1.807) is 6.20 Å². The molecule has 6 heteroatoms. The van der Waals surface area contributed by atoms with Gasteiger partial charge < -0.3 is 20.5 Å². The molecule has 0 aliphatic carbocycles. The third-order valence-electron chi connectivity index (χ3n) is 4.01. The number of anilines is 1. The zero-order chi connectivity index (χ0) is 17.5. The fourth-order valence-corrected chi connectivity index (χ4v) is 2.62. The Balaban J connectivity index is 1.58. The van der Waals surface area contributed by atoms with E-state index >= 15 is 0 Å². The Bertz CT molecular complexity index is 727. The summed E-state index contributed by atoms with van der Waals surface area (Å²) in [7, 11) is 0. The molecule has 0 amide bonds. The van der Waals surface area contributed by atoms with E-state index in [0.717, 1.165) is 30.7 Å². The van der Waals surface area contributed by atoms with Gasteiger partial charge in [0.1, 0.15) is 6.10 Å². The Morgan fingerprint density at radius 3 is 3.08 bits per heavy atom. The standard InChI is InChI=1S/C19H24N4O2/c1-2-14-4-3-5-16(10-14)23-19(20)22-12-15-6-8-21-18(11-15)25-17-7-9-24-13-17/h3-6,8,10-11,17H,2,7,9,12-13H2,1H3,(H3,20,22,23). The average Bonchev–Trinajstić information content (AvgIpc) is 3.13. The second kappa shape index (κ2) is 8.48. The number of aliphatic imine (C=N–C) groups is 1. The van der Waals surface area contributed by atoms with Crippen molar-refractivity contribution in [2.75, 3.05) is 18.5 Å². The van der Waals surface area contributed by atoms with Crippen molar-refractivity contribution in [1.82, 2.24) is 4.98 Å². The van der Waals surface area contributed by atoms with Crippen molar-refractivity contribution < 1.29 is 9.47 Å². The van der Waals surface area contributed by atoms with E-state index in [4.69, 9.17) is 15.2 Å². The van der Waals surface area contributed by atoms with Gasteiger partial charge in [-0.3, -0.25) is 0 Å². The van der Waals surface area contributed by atoms with Crippen molar-refractivity contribution in [2.24, 2.45) is 10.7 Å². The van der Waals surface area contributed by atoms with Gasteiger partial charge in [0.2, 0.25) is 5.88 Å². The van der Waals surface area contributed by atoms with E-state index in [0.29, 0.717) is 25.0 Å². The van der Waals surface area contributed by atoms with Crippen molar-refractivity contribution in [1.29, 1.82) is 0 Å². The van der Waals surface area contributed by atoms with Gasteiger partial charge in [0.15, 0.2) is 5.96 Å². The summed E-state index contributed by atoms with van der Waals surface area (Å²) in [5.41, 5.74) is 9.19. The van der Waals surface area contributed by atoms with Gasteiger partial charge in [0.25, 0.3) is 0 Å². The molecular formula is C19H24N4O2. The zero-order valence-corrected chi connectivity index (χ0v) is 14.4. The summed E-state index contributed by atoms with van der Waals surface area (Å²) >= 11 is 0. The summed E-state index contributed by atoms with van der Waals surface area (Å²) in [4.78, 5) is 8.64. The van der Waals surface area contributed by atoms with Crippen molar-refractivity contribution in [3.63, 3.8) is 0 Å². The van der Waals surface area contributed by atoms with Crippen molar-refractivity contribution in [3.05, 3.63) is 53.7 Å². The molecule has 25 heavy (non-hydrogen) atoms. The molecular weight excluding hydrogens is 316 g/mol. The molecule has 3 N–H and O–H groups in total. The Hall–Kier alpha value is -2.60. The van der Waals surface area contributed by atoms with Gasteiger partial charge in [-0.15, -0.1) is 0 Å². The maximum absolute atomic E-state index is 5.99. The first kappa shape index (κ1) is 17.2. The summed E-state index contributed by atoms with van der Waals surface area (Å²) in [5, 5.41) is 3.12. The molecule has 0 saturated carbocycles. The normalized spacial score (nSPS) is 17.5. The summed E-state index contributed by atoms with van der Waals surface area (Å²) in [5.74, 6) is 0.988. The minimum absolute atomic E-state index is 0.0869. The van der Waals surface area contributed by atoms with Crippen LogP contribution in [0.2, 0.25) is 0 Å². The van der Waals surface area contributed by atoms with Crippen LogP contribution < -0.4 is 15.8 Å². The molecule has 0 spiro atoms. The molecule has 0 radical (unpaired) electrons. The van der Waals surface area contributed by atoms with E-state index in [1.807, 2.05) is 24.3 Å². The van der Waals surface area contributed by atoms with Crippen molar-refractivity contribution >= 4 is 11.6 Å². The summed E-state index contributed by atoms with van der Waals surface area (Å²) in [6, 6.07) is 12.0. The van der Waals surface area contributed by atoms with E-state index in [2.05, 4.69) is 34.3 Å². The van der Waals surface area contributed by atoms with Crippen LogP contribution in [0.5, 0.6) is 5.88 Å². The summed E-state index contributed by atoms with van der Waals surface area (Å²) < 4.78 is 11.1. The molecule has 3 rings (SSSR count). The highest BCUT2D eigenvalue weighted by Crippen LogP contribution is 2.16. The minimum atomic E-state index is 0.0869. The van der Waals surface area contributed by atoms with E-state index in [9.17, 15) is 0 Å². The lowest BCUT2D eigenvalue weighted by molar-refractivity contribution is 0.138. The highest BCUT2D eigenvalue weighted by atomic mass is 16.5. The van der Waals surface area contributed by atoms with Crippen LogP contribution in [-0.4, -0.2) is 30.3 Å². The molecule has 1 atom stereocenters. The van der Waals surface area contributed by atoms with Crippen LogP contribution in [0.25, 0.3) is 0 Å². The number of pyridine rings is 1. The number of hydrogen-bond acceptors (Lipinski definition) is 4. The van der Waals surface area contributed by atoms with E-state index < -0.39 is 0 Å². The van der Waals surface area contributed by atoms with Crippen LogP contribution in [0.1, 0.15) is 24.5 Å². The number of hydrogen-bond donors (Lipinski definition) is 2.